The third kappa shape index (κ3) is 1.69. The van der Waals surface area contributed by atoms with Gasteiger partial charge in [-0.05, 0) is 18.1 Å². The van der Waals surface area contributed by atoms with E-state index in [0.29, 0.717) is 5.92 Å². The highest BCUT2D eigenvalue weighted by Gasteiger charge is 2.23. The van der Waals surface area contributed by atoms with Gasteiger partial charge in [-0.25, -0.2) is 0 Å². The molecule has 1 atom stereocenters. The summed E-state index contributed by atoms with van der Waals surface area (Å²) in [6, 6.07) is 19.0. The molecule has 0 N–H and O–H groups in total. The van der Waals surface area contributed by atoms with Gasteiger partial charge in [0.2, 0.25) is 0 Å². The van der Waals surface area contributed by atoms with Gasteiger partial charge in [-0.3, -0.25) is 0 Å². The molecule has 2 aromatic carbocycles. The minimum absolute atomic E-state index is 0.513. The minimum Gasteiger partial charge on any atom is -0.493 e. The van der Waals surface area contributed by atoms with Crippen molar-refractivity contribution in [2.45, 2.75) is 12.3 Å². The van der Waals surface area contributed by atoms with Crippen molar-refractivity contribution in [3.8, 4) is 5.75 Å². The summed E-state index contributed by atoms with van der Waals surface area (Å²) in [7, 11) is 0. The van der Waals surface area contributed by atoms with E-state index in [1.165, 1.54) is 11.1 Å². The molecular weight excluding hydrogens is 196 g/mol. The molecule has 0 fully saturated rings. The lowest BCUT2D eigenvalue weighted by molar-refractivity contribution is 0.330. The summed E-state index contributed by atoms with van der Waals surface area (Å²) in [5.41, 5.74) is 2.74. The molecule has 1 heteroatoms. The molecule has 0 aliphatic carbocycles. The summed E-state index contributed by atoms with van der Waals surface area (Å²) < 4.78 is 5.68. The molecule has 0 spiro atoms. The van der Waals surface area contributed by atoms with Crippen LogP contribution in [0.5, 0.6) is 5.75 Å². The van der Waals surface area contributed by atoms with E-state index in [0.717, 1.165) is 18.8 Å². The predicted octanol–water partition coefficient (Wildman–Crippen LogP) is 3.41. The van der Waals surface area contributed by atoms with E-state index in [4.69, 9.17) is 4.74 Å². The first-order valence-electron chi connectivity index (χ1n) is 5.69. The average molecular weight is 210 g/mol. The third-order valence-electron chi connectivity index (χ3n) is 3.12. The standard InChI is InChI=1S/C15H14O/c1-2-6-12(7-3-1)10-13-11-16-15-9-5-4-8-14(13)15/h1-9,13H,10-11H2. The van der Waals surface area contributed by atoms with Crippen molar-refractivity contribution in [3.05, 3.63) is 65.7 Å². The smallest absolute Gasteiger partial charge is 0.122 e. The van der Waals surface area contributed by atoms with Gasteiger partial charge < -0.3 is 4.74 Å². The van der Waals surface area contributed by atoms with Crippen molar-refractivity contribution in [1.29, 1.82) is 0 Å². The fourth-order valence-corrected chi connectivity index (χ4v) is 2.30. The van der Waals surface area contributed by atoms with Crippen LogP contribution < -0.4 is 4.74 Å². The fourth-order valence-electron chi connectivity index (χ4n) is 2.30. The predicted molar refractivity (Wildman–Crippen MR) is 64.8 cm³/mol. The lowest BCUT2D eigenvalue weighted by Crippen LogP contribution is -2.04. The second-order valence-corrected chi connectivity index (χ2v) is 4.24. The lowest BCUT2D eigenvalue weighted by Gasteiger charge is -2.08. The fraction of sp³-hybridized carbons (Fsp3) is 0.200. The molecule has 1 aliphatic heterocycles. The molecule has 0 amide bonds. The van der Waals surface area contributed by atoms with Gasteiger partial charge >= 0.3 is 0 Å². The molecular formula is C15H14O. The van der Waals surface area contributed by atoms with Gasteiger partial charge in [-0.2, -0.15) is 0 Å². The lowest BCUT2D eigenvalue weighted by atomic mass is 9.94. The van der Waals surface area contributed by atoms with Gasteiger partial charge in [0, 0.05) is 11.5 Å². The van der Waals surface area contributed by atoms with Crippen LogP contribution in [0.3, 0.4) is 0 Å². The Kier molecular flexibility index (Phi) is 2.37. The number of hydrogen-bond donors (Lipinski definition) is 0. The molecule has 0 saturated heterocycles. The Morgan fingerprint density at radius 2 is 1.69 bits per heavy atom. The highest BCUT2D eigenvalue weighted by atomic mass is 16.5. The summed E-state index contributed by atoms with van der Waals surface area (Å²) in [6.07, 6.45) is 1.07. The van der Waals surface area contributed by atoms with Crippen LogP contribution in [0, 0.1) is 0 Å². The second kappa shape index (κ2) is 4.01. The Labute approximate surface area is 95.7 Å². The van der Waals surface area contributed by atoms with Gasteiger partial charge in [0.1, 0.15) is 5.75 Å². The first kappa shape index (κ1) is 9.46. The largest absolute Gasteiger partial charge is 0.493 e. The molecule has 2 aromatic rings. The normalized spacial score (nSPS) is 17.9. The molecule has 0 radical (unpaired) electrons. The van der Waals surface area contributed by atoms with E-state index in [1.807, 2.05) is 6.07 Å². The van der Waals surface area contributed by atoms with E-state index in [1.54, 1.807) is 0 Å². The summed E-state index contributed by atoms with van der Waals surface area (Å²) >= 11 is 0. The maximum atomic E-state index is 5.68. The first-order chi connectivity index (χ1) is 7.93. The van der Waals surface area contributed by atoms with Crippen molar-refractivity contribution in [2.75, 3.05) is 6.61 Å². The van der Waals surface area contributed by atoms with Crippen molar-refractivity contribution >= 4 is 0 Å². The van der Waals surface area contributed by atoms with Crippen molar-refractivity contribution in [3.63, 3.8) is 0 Å². The Bertz CT molecular complexity index is 476. The topological polar surface area (TPSA) is 9.23 Å². The number of para-hydroxylation sites is 1. The zero-order chi connectivity index (χ0) is 10.8. The van der Waals surface area contributed by atoms with Gasteiger partial charge in [0.15, 0.2) is 0 Å². The minimum atomic E-state index is 0.513. The highest BCUT2D eigenvalue weighted by molar-refractivity contribution is 5.40. The van der Waals surface area contributed by atoms with Gasteiger partial charge in [-0.15, -0.1) is 0 Å². The van der Waals surface area contributed by atoms with Crippen LogP contribution in [0.2, 0.25) is 0 Å². The maximum absolute atomic E-state index is 5.68. The number of ether oxygens (including phenoxy) is 1. The summed E-state index contributed by atoms with van der Waals surface area (Å²) in [5.74, 6) is 1.57. The van der Waals surface area contributed by atoms with Crippen molar-refractivity contribution in [1.82, 2.24) is 0 Å². The van der Waals surface area contributed by atoms with Gasteiger partial charge in [0.05, 0.1) is 6.61 Å². The van der Waals surface area contributed by atoms with E-state index < -0.39 is 0 Å². The molecule has 0 aromatic heterocycles. The van der Waals surface area contributed by atoms with Crippen LogP contribution in [0.1, 0.15) is 17.0 Å². The Morgan fingerprint density at radius 3 is 2.56 bits per heavy atom. The van der Waals surface area contributed by atoms with Gasteiger partial charge in [0.25, 0.3) is 0 Å². The molecule has 0 saturated carbocycles. The number of hydrogen-bond acceptors (Lipinski definition) is 1. The molecule has 1 aliphatic rings. The second-order valence-electron chi connectivity index (χ2n) is 4.24. The monoisotopic (exact) mass is 210 g/mol. The van der Waals surface area contributed by atoms with E-state index in [9.17, 15) is 0 Å². The Morgan fingerprint density at radius 1 is 0.938 bits per heavy atom. The Hall–Kier alpha value is -1.76. The van der Waals surface area contributed by atoms with E-state index in [2.05, 4.69) is 48.5 Å². The van der Waals surface area contributed by atoms with Crippen LogP contribution in [-0.2, 0) is 6.42 Å². The maximum Gasteiger partial charge on any atom is 0.122 e. The average Bonchev–Trinajstić information content (AvgIpc) is 2.74. The molecule has 1 nitrogen and oxygen atoms in total. The summed E-state index contributed by atoms with van der Waals surface area (Å²) in [6.45, 7) is 0.814. The van der Waals surface area contributed by atoms with Crippen molar-refractivity contribution in [2.24, 2.45) is 0 Å². The molecule has 3 rings (SSSR count). The first-order valence-corrected chi connectivity index (χ1v) is 5.69. The van der Waals surface area contributed by atoms with Crippen LogP contribution in [0.15, 0.2) is 54.6 Å². The zero-order valence-corrected chi connectivity index (χ0v) is 9.10. The van der Waals surface area contributed by atoms with Crippen LogP contribution in [0.4, 0.5) is 0 Å². The number of fused-ring (bicyclic) bond motifs is 1. The SMILES string of the molecule is c1ccc(CC2COc3ccccc32)cc1. The van der Waals surface area contributed by atoms with Crippen LogP contribution in [-0.4, -0.2) is 6.61 Å². The summed E-state index contributed by atoms with van der Waals surface area (Å²) in [5, 5.41) is 0. The Balaban J connectivity index is 1.84. The van der Waals surface area contributed by atoms with Gasteiger partial charge in [-0.1, -0.05) is 48.5 Å². The third-order valence-corrected chi connectivity index (χ3v) is 3.12. The van der Waals surface area contributed by atoms with E-state index in [-0.39, 0.29) is 0 Å². The molecule has 16 heavy (non-hydrogen) atoms. The number of benzene rings is 2. The molecule has 80 valence electrons. The quantitative estimate of drug-likeness (QED) is 0.738. The molecule has 1 heterocycles. The van der Waals surface area contributed by atoms with E-state index >= 15 is 0 Å². The molecule has 0 bridgehead atoms. The van der Waals surface area contributed by atoms with Crippen LogP contribution in [0.25, 0.3) is 0 Å². The van der Waals surface area contributed by atoms with Crippen LogP contribution >= 0.6 is 0 Å². The summed E-state index contributed by atoms with van der Waals surface area (Å²) in [4.78, 5) is 0. The number of rotatable bonds is 2. The van der Waals surface area contributed by atoms with Crippen molar-refractivity contribution < 1.29 is 4.74 Å². The molecule has 1 unspecified atom stereocenters. The zero-order valence-electron chi connectivity index (χ0n) is 9.10. The highest BCUT2D eigenvalue weighted by Crippen LogP contribution is 2.35.